The molecule has 0 spiro atoms. The minimum atomic E-state index is -3.51. The lowest BCUT2D eigenvalue weighted by Crippen LogP contribution is -2.32. The topological polar surface area (TPSA) is 72.2 Å². The van der Waals surface area contributed by atoms with E-state index in [0.717, 1.165) is 0 Å². The largest absolute Gasteiger partial charge is 0.398 e. The molecule has 0 aromatic heterocycles. The van der Waals surface area contributed by atoms with Crippen LogP contribution in [0.15, 0.2) is 35.7 Å². The average molecular weight is 254 g/mol. The van der Waals surface area contributed by atoms with Gasteiger partial charge in [-0.3, -0.25) is 0 Å². The molecule has 0 bridgehead atoms. The van der Waals surface area contributed by atoms with Gasteiger partial charge >= 0.3 is 0 Å². The summed E-state index contributed by atoms with van der Waals surface area (Å²) in [5.74, 6) is 0. The highest BCUT2D eigenvalue weighted by atomic mass is 32.2. The summed E-state index contributed by atoms with van der Waals surface area (Å²) in [6.07, 6.45) is 2.26. The summed E-state index contributed by atoms with van der Waals surface area (Å²) in [7, 11) is -3.51. The summed E-state index contributed by atoms with van der Waals surface area (Å²) in [6, 6.07) is 4.68. The summed E-state index contributed by atoms with van der Waals surface area (Å²) in [5, 5.41) is 0. The van der Waals surface area contributed by atoms with Gasteiger partial charge in [-0.1, -0.05) is 12.1 Å². The first-order chi connectivity index (χ1) is 7.88. The van der Waals surface area contributed by atoms with Crippen molar-refractivity contribution in [2.75, 3.05) is 5.73 Å². The van der Waals surface area contributed by atoms with Crippen LogP contribution in [-0.2, 0) is 10.0 Å². The van der Waals surface area contributed by atoms with E-state index in [1.54, 1.807) is 38.1 Å². The van der Waals surface area contributed by atoms with E-state index in [1.807, 2.05) is 0 Å². The number of nitrogens with one attached hydrogen (secondary N) is 1. The highest BCUT2D eigenvalue weighted by Gasteiger charge is 2.19. The zero-order valence-corrected chi connectivity index (χ0v) is 10.9. The number of benzene rings is 1. The molecule has 0 aliphatic rings. The van der Waals surface area contributed by atoms with Gasteiger partial charge in [0.25, 0.3) is 0 Å². The minimum Gasteiger partial charge on any atom is -0.398 e. The molecule has 0 aliphatic heterocycles. The number of rotatable bonds is 5. The quantitative estimate of drug-likeness (QED) is 0.622. The van der Waals surface area contributed by atoms with Crippen molar-refractivity contribution in [3.8, 4) is 0 Å². The molecule has 17 heavy (non-hydrogen) atoms. The fraction of sp³-hybridized carbons (Fsp3) is 0.333. The lowest BCUT2D eigenvalue weighted by molar-refractivity contribution is 0.561. The van der Waals surface area contributed by atoms with E-state index in [1.165, 1.54) is 0 Å². The zero-order chi connectivity index (χ0) is 13.1. The highest BCUT2D eigenvalue weighted by Crippen LogP contribution is 2.20. The van der Waals surface area contributed by atoms with Crippen LogP contribution < -0.4 is 10.5 Å². The Labute approximate surface area is 103 Å². The van der Waals surface area contributed by atoms with Crippen LogP contribution in [0.3, 0.4) is 0 Å². The second-order valence-corrected chi connectivity index (χ2v) is 5.70. The van der Waals surface area contributed by atoms with Crippen molar-refractivity contribution in [1.82, 2.24) is 4.72 Å². The fourth-order valence-electron chi connectivity index (χ4n) is 1.55. The van der Waals surface area contributed by atoms with Gasteiger partial charge in [-0.2, -0.15) is 0 Å². The van der Waals surface area contributed by atoms with Gasteiger partial charge in [-0.05, 0) is 38.0 Å². The van der Waals surface area contributed by atoms with Crippen molar-refractivity contribution in [3.05, 3.63) is 36.4 Å². The summed E-state index contributed by atoms with van der Waals surface area (Å²) in [5.41, 5.74) is 6.75. The van der Waals surface area contributed by atoms with E-state index < -0.39 is 10.0 Å². The van der Waals surface area contributed by atoms with Crippen molar-refractivity contribution < 1.29 is 8.42 Å². The van der Waals surface area contributed by atoms with Crippen LogP contribution >= 0.6 is 0 Å². The molecule has 0 heterocycles. The van der Waals surface area contributed by atoms with Crippen LogP contribution in [0, 0.1) is 6.92 Å². The molecule has 0 saturated carbocycles. The molecule has 4 nitrogen and oxygen atoms in total. The second kappa shape index (κ2) is 5.33. The molecule has 5 heteroatoms. The van der Waals surface area contributed by atoms with Crippen molar-refractivity contribution in [2.45, 2.75) is 31.2 Å². The van der Waals surface area contributed by atoms with E-state index in [-0.39, 0.29) is 10.9 Å². The molecule has 0 aliphatic carbocycles. The van der Waals surface area contributed by atoms with Crippen LogP contribution in [0.2, 0.25) is 0 Å². The lowest BCUT2D eigenvalue weighted by Gasteiger charge is -2.14. The van der Waals surface area contributed by atoms with Gasteiger partial charge in [-0.15, -0.1) is 6.58 Å². The van der Waals surface area contributed by atoms with Crippen LogP contribution in [0.4, 0.5) is 5.69 Å². The second-order valence-electron chi connectivity index (χ2n) is 4.02. The van der Waals surface area contributed by atoms with Crippen LogP contribution in [0.1, 0.15) is 18.9 Å². The van der Waals surface area contributed by atoms with E-state index in [4.69, 9.17) is 5.73 Å². The monoisotopic (exact) mass is 254 g/mol. The third kappa shape index (κ3) is 3.31. The number of nitrogens with two attached hydrogens (primary N) is 1. The van der Waals surface area contributed by atoms with Gasteiger partial charge in [0.05, 0.1) is 4.90 Å². The van der Waals surface area contributed by atoms with E-state index in [2.05, 4.69) is 11.3 Å². The number of sulfonamides is 1. The molecular weight excluding hydrogens is 236 g/mol. The Kier molecular flexibility index (Phi) is 4.31. The SMILES string of the molecule is C=CCC(C)NS(=O)(=O)c1cccc(N)c1C. The van der Waals surface area contributed by atoms with Crippen LogP contribution in [0.25, 0.3) is 0 Å². The van der Waals surface area contributed by atoms with E-state index in [9.17, 15) is 8.42 Å². The molecule has 3 N–H and O–H groups in total. The molecule has 0 fully saturated rings. The van der Waals surface area contributed by atoms with Crippen molar-refractivity contribution in [1.29, 1.82) is 0 Å². The van der Waals surface area contributed by atoms with Gasteiger partial charge in [0, 0.05) is 11.7 Å². The first kappa shape index (κ1) is 13.7. The third-order valence-electron chi connectivity index (χ3n) is 2.49. The highest BCUT2D eigenvalue weighted by molar-refractivity contribution is 7.89. The molecule has 1 aromatic rings. The van der Waals surface area contributed by atoms with Gasteiger partial charge in [0.1, 0.15) is 0 Å². The first-order valence-corrected chi connectivity index (χ1v) is 6.85. The Balaban J connectivity index is 3.05. The Bertz CT molecular complexity index is 509. The van der Waals surface area contributed by atoms with Gasteiger partial charge < -0.3 is 5.73 Å². The average Bonchev–Trinajstić information content (AvgIpc) is 2.21. The van der Waals surface area contributed by atoms with Gasteiger partial charge in [0.15, 0.2) is 0 Å². The maximum absolute atomic E-state index is 12.1. The first-order valence-electron chi connectivity index (χ1n) is 5.37. The Morgan fingerprint density at radius 3 is 2.76 bits per heavy atom. The van der Waals surface area contributed by atoms with E-state index in [0.29, 0.717) is 17.7 Å². The molecule has 1 aromatic carbocycles. The molecular formula is C12H18N2O2S. The Morgan fingerprint density at radius 2 is 2.18 bits per heavy atom. The van der Waals surface area contributed by atoms with E-state index >= 15 is 0 Å². The predicted octanol–water partition coefficient (Wildman–Crippen LogP) is 1.82. The number of hydrogen-bond acceptors (Lipinski definition) is 3. The molecule has 1 atom stereocenters. The molecule has 0 saturated heterocycles. The molecule has 1 rings (SSSR count). The van der Waals surface area contributed by atoms with Crippen LogP contribution in [0.5, 0.6) is 0 Å². The molecule has 1 unspecified atom stereocenters. The zero-order valence-electron chi connectivity index (χ0n) is 10.1. The Morgan fingerprint density at radius 1 is 1.53 bits per heavy atom. The minimum absolute atomic E-state index is 0.182. The summed E-state index contributed by atoms with van der Waals surface area (Å²) < 4.78 is 26.8. The summed E-state index contributed by atoms with van der Waals surface area (Å²) >= 11 is 0. The summed E-state index contributed by atoms with van der Waals surface area (Å²) in [6.45, 7) is 7.07. The Hall–Kier alpha value is -1.33. The number of nitrogen functional groups attached to an aromatic ring is 1. The van der Waals surface area contributed by atoms with Crippen LogP contribution in [-0.4, -0.2) is 14.5 Å². The lowest BCUT2D eigenvalue weighted by atomic mass is 10.2. The van der Waals surface area contributed by atoms with Crippen molar-refractivity contribution in [2.24, 2.45) is 0 Å². The van der Waals surface area contributed by atoms with Crippen molar-refractivity contribution >= 4 is 15.7 Å². The fourth-order valence-corrected chi connectivity index (χ4v) is 3.08. The smallest absolute Gasteiger partial charge is 0.241 e. The predicted molar refractivity (Wildman–Crippen MR) is 70.2 cm³/mol. The van der Waals surface area contributed by atoms with Crippen molar-refractivity contribution in [3.63, 3.8) is 0 Å². The standard InChI is InChI=1S/C12H18N2O2S/c1-4-6-9(2)14-17(15,16)12-8-5-7-11(13)10(12)3/h4-5,7-9,14H,1,6,13H2,2-3H3. The molecule has 0 radical (unpaired) electrons. The molecule has 0 amide bonds. The summed E-state index contributed by atoms with van der Waals surface area (Å²) in [4.78, 5) is 0.230. The number of anilines is 1. The van der Waals surface area contributed by atoms with Gasteiger partial charge in [0.2, 0.25) is 10.0 Å². The molecule has 94 valence electrons. The number of hydrogen-bond donors (Lipinski definition) is 2. The third-order valence-corrected chi connectivity index (χ3v) is 4.23. The van der Waals surface area contributed by atoms with Gasteiger partial charge in [-0.25, -0.2) is 13.1 Å². The maximum Gasteiger partial charge on any atom is 0.241 e. The maximum atomic E-state index is 12.1. The normalized spacial score (nSPS) is 13.3.